The fourth-order valence-electron chi connectivity index (χ4n) is 2.18. The molecule has 0 bridgehead atoms. The normalized spacial score (nSPS) is 25.9. The van der Waals surface area contributed by atoms with Crippen molar-refractivity contribution >= 4 is 11.6 Å². The Bertz CT molecular complexity index is 394. The minimum absolute atomic E-state index is 0.139. The molecule has 1 aliphatic rings. The molecule has 1 aromatic carbocycles. The lowest BCUT2D eigenvalue weighted by Gasteiger charge is -2.22. The van der Waals surface area contributed by atoms with Crippen LogP contribution in [-0.4, -0.2) is 24.9 Å². The molecule has 94 valence electrons. The van der Waals surface area contributed by atoms with Gasteiger partial charge in [-0.1, -0.05) is 24.6 Å². The van der Waals surface area contributed by atoms with Crippen LogP contribution in [0.25, 0.3) is 0 Å². The number of hydrogen-bond donors (Lipinski definition) is 1. The average Bonchev–Trinajstić information content (AvgIpc) is 2.74. The van der Waals surface area contributed by atoms with Crippen molar-refractivity contribution in [3.8, 4) is 5.75 Å². The van der Waals surface area contributed by atoms with Gasteiger partial charge in [0.15, 0.2) is 0 Å². The van der Waals surface area contributed by atoms with Gasteiger partial charge in [0.25, 0.3) is 0 Å². The van der Waals surface area contributed by atoms with Gasteiger partial charge in [-0.3, -0.25) is 0 Å². The van der Waals surface area contributed by atoms with E-state index in [1.165, 1.54) is 0 Å². The second-order valence-corrected chi connectivity index (χ2v) is 4.85. The van der Waals surface area contributed by atoms with Gasteiger partial charge < -0.3 is 14.6 Å². The van der Waals surface area contributed by atoms with Crippen LogP contribution in [0.5, 0.6) is 5.75 Å². The summed E-state index contributed by atoms with van der Waals surface area (Å²) in [5.41, 5.74) is 0.773. The largest absolute Gasteiger partial charge is 0.495 e. The highest BCUT2D eigenvalue weighted by molar-refractivity contribution is 6.32. The first-order valence-electron chi connectivity index (χ1n) is 5.76. The van der Waals surface area contributed by atoms with E-state index in [0.717, 1.165) is 12.0 Å². The fourth-order valence-corrected chi connectivity index (χ4v) is 2.44. The monoisotopic (exact) mass is 256 g/mol. The standard InChI is InChI=1S/C13H17ClO3/c1-8-5-6-17-13(8)12(15)9-3-4-11(16-2)10(14)7-9/h3-4,7-8,12-13,15H,5-6H2,1-2H3. The number of aliphatic hydroxyl groups is 1. The number of aliphatic hydroxyl groups excluding tert-OH is 1. The zero-order valence-electron chi connectivity index (χ0n) is 10.0. The van der Waals surface area contributed by atoms with Gasteiger partial charge in [-0.05, 0) is 30.0 Å². The average molecular weight is 257 g/mol. The molecule has 0 amide bonds. The van der Waals surface area contributed by atoms with Gasteiger partial charge in [0.1, 0.15) is 11.9 Å². The molecule has 1 fully saturated rings. The zero-order valence-corrected chi connectivity index (χ0v) is 10.8. The van der Waals surface area contributed by atoms with Crippen LogP contribution in [0.4, 0.5) is 0 Å². The van der Waals surface area contributed by atoms with Crippen molar-refractivity contribution in [3.63, 3.8) is 0 Å². The lowest BCUT2D eigenvalue weighted by atomic mass is 9.95. The van der Waals surface area contributed by atoms with Crippen molar-refractivity contribution in [2.75, 3.05) is 13.7 Å². The molecule has 0 saturated carbocycles. The van der Waals surface area contributed by atoms with Crippen molar-refractivity contribution in [3.05, 3.63) is 28.8 Å². The predicted octanol–water partition coefficient (Wildman–Crippen LogP) is 2.81. The number of benzene rings is 1. The second kappa shape index (κ2) is 5.25. The molecular weight excluding hydrogens is 240 g/mol. The Morgan fingerprint density at radius 1 is 1.53 bits per heavy atom. The van der Waals surface area contributed by atoms with Crippen molar-refractivity contribution in [2.24, 2.45) is 5.92 Å². The number of hydrogen-bond acceptors (Lipinski definition) is 3. The van der Waals surface area contributed by atoms with Gasteiger partial charge in [-0.25, -0.2) is 0 Å². The lowest BCUT2D eigenvalue weighted by molar-refractivity contribution is -0.0178. The SMILES string of the molecule is COc1ccc(C(O)C2OCCC2C)cc1Cl. The summed E-state index contributed by atoms with van der Waals surface area (Å²) in [6.07, 6.45) is 0.224. The van der Waals surface area contributed by atoms with E-state index in [-0.39, 0.29) is 6.10 Å². The number of rotatable bonds is 3. The molecule has 1 heterocycles. The molecule has 0 aliphatic carbocycles. The van der Waals surface area contributed by atoms with Crippen molar-refractivity contribution < 1.29 is 14.6 Å². The summed E-state index contributed by atoms with van der Waals surface area (Å²) in [5, 5.41) is 10.8. The Labute approximate surface area is 106 Å². The van der Waals surface area contributed by atoms with E-state index in [1.54, 1.807) is 19.2 Å². The quantitative estimate of drug-likeness (QED) is 0.904. The smallest absolute Gasteiger partial charge is 0.137 e. The summed E-state index contributed by atoms with van der Waals surface area (Å²) in [6, 6.07) is 5.32. The van der Waals surface area contributed by atoms with Crippen LogP contribution in [0.15, 0.2) is 18.2 Å². The molecule has 3 atom stereocenters. The maximum atomic E-state index is 10.3. The van der Waals surface area contributed by atoms with Crippen LogP contribution in [0.3, 0.4) is 0 Å². The molecule has 17 heavy (non-hydrogen) atoms. The van der Waals surface area contributed by atoms with Crippen molar-refractivity contribution in [2.45, 2.75) is 25.6 Å². The molecule has 3 unspecified atom stereocenters. The van der Waals surface area contributed by atoms with E-state index in [2.05, 4.69) is 6.92 Å². The lowest BCUT2D eigenvalue weighted by Crippen LogP contribution is -2.23. The summed E-state index contributed by atoms with van der Waals surface area (Å²) in [6.45, 7) is 2.80. The molecule has 1 aromatic rings. The number of halogens is 1. The highest BCUT2D eigenvalue weighted by Gasteiger charge is 2.31. The van der Waals surface area contributed by atoms with Crippen LogP contribution in [0.1, 0.15) is 25.0 Å². The Balaban J connectivity index is 2.19. The third kappa shape index (κ3) is 2.57. The fraction of sp³-hybridized carbons (Fsp3) is 0.538. The molecule has 0 aromatic heterocycles. The molecule has 1 saturated heterocycles. The maximum Gasteiger partial charge on any atom is 0.137 e. The van der Waals surface area contributed by atoms with E-state index >= 15 is 0 Å². The van der Waals surface area contributed by atoms with Gasteiger partial charge in [0.05, 0.1) is 18.2 Å². The third-order valence-electron chi connectivity index (χ3n) is 3.27. The van der Waals surface area contributed by atoms with Crippen LogP contribution in [0, 0.1) is 5.92 Å². The van der Waals surface area contributed by atoms with Crippen LogP contribution < -0.4 is 4.74 Å². The first-order chi connectivity index (χ1) is 8.13. The van der Waals surface area contributed by atoms with E-state index in [9.17, 15) is 5.11 Å². The second-order valence-electron chi connectivity index (χ2n) is 4.44. The molecule has 0 radical (unpaired) electrons. The van der Waals surface area contributed by atoms with Gasteiger partial charge in [0.2, 0.25) is 0 Å². The first-order valence-corrected chi connectivity index (χ1v) is 6.14. The van der Waals surface area contributed by atoms with E-state index in [1.807, 2.05) is 6.07 Å². The van der Waals surface area contributed by atoms with Crippen LogP contribution >= 0.6 is 11.6 Å². The summed E-state index contributed by atoms with van der Waals surface area (Å²) in [5.74, 6) is 0.980. The summed E-state index contributed by atoms with van der Waals surface area (Å²) in [4.78, 5) is 0. The van der Waals surface area contributed by atoms with E-state index in [0.29, 0.717) is 23.3 Å². The molecule has 1 aliphatic heterocycles. The van der Waals surface area contributed by atoms with Gasteiger partial charge >= 0.3 is 0 Å². The first kappa shape index (κ1) is 12.7. The summed E-state index contributed by atoms with van der Waals surface area (Å²) in [7, 11) is 1.57. The molecule has 0 spiro atoms. The minimum atomic E-state index is -0.629. The van der Waals surface area contributed by atoms with Gasteiger partial charge in [-0.2, -0.15) is 0 Å². The molecular formula is C13H17ClO3. The third-order valence-corrected chi connectivity index (χ3v) is 3.57. The number of ether oxygens (including phenoxy) is 2. The minimum Gasteiger partial charge on any atom is -0.495 e. The number of methoxy groups -OCH3 is 1. The molecule has 1 N–H and O–H groups in total. The summed E-state index contributed by atoms with van der Waals surface area (Å²) < 4.78 is 10.6. The Morgan fingerprint density at radius 3 is 2.82 bits per heavy atom. The van der Waals surface area contributed by atoms with E-state index < -0.39 is 6.10 Å². The van der Waals surface area contributed by atoms with Crippen LogP contribution in [-0.2, 0) is 4.74 Å². The Kier molecular flexibility index (Phi) is 3.92. The zero-order chi connectivity index (χ0) is 12.4. The maximum absolute atomic E-state index is 10.3. The van der Waals surface area contributed by atoms with Crippen molar-refractivity contribution in [1.29, 1.82) is 0 Å². The molecule has 3 nitrogen and oxygen atoms in total. The molecule has 2 rings (SSSR count). The molecule has 4 heteroatoms. The van der Waals surface area contributed by atoms with Crippen molar-refractivity contribution in [1.82, 2.24) is 0 Å². The predicted molar refractivity (Wildman–Crippen MR) is 66.5 cm³/mol. The summed E-state index contributed by atoms with van der Waals surface area (Å²) >= 11 is 6.04. The highest BCUT2D eigenvalue weighted by atomic mass is 35.5. The Hall–Kier alpha value is -0.770. The van der Waals surface area contributed by atoms with Gasteiger partial charge in [-0.15, -0.1) is 0 Å². The highest BCUT2D eigenvalue weighted by Crippen LogP contribution is 2.34. The topological polar surface area (TPSA) is 38.7 Å². The van der Waals surface area contributed by atoms with E-state index in [4.69, 9.17) is 21.1 Å². The Morgan fingerprint density at radius 2 is 2.29 bits per heavy atom. The van der Waals surface area contributed by atoms with Gasteiger partial charge in [0, 0.05) is 6.61 Å². The van der Waals surface area contributed by atoms with Crippen LogP contribution in [0.2, 0.25) is 5.02 Å².